The summed E-state index contributed by atoms with van der Waals surface area (Å²) in [5, 5.41) is 0. The number of hydrogen-bond acceptors (Lipinski definition) is 3. The average molecular weight is 275 g/mol. The molecule has 3 nitrogen and oxygen atoms in total. The summed E-state index contributed by atoms with van der Waals surface area (Å²) in [6.07, 6.45) is 5.22. The van der Waals surface area contributed by atoms with Crippen LogP contribution in [0.5, 0.6) is 0 Å². The van der Waals surface area contributed by atoms with Gasteiger partial charge in [0.15, 0.2) is 11.6 Å². The molecular formula is C15H15F2N3. The largest absolute Gasteiger partial charge is 0.397 e. The van der Waals surface area contributed by atoms with E-state index in [-0.39, 0.29) is 17.4 Å². The summed E-state index contributed by atoms with van der Waals surface area (Å²) in [6, 6.07) is 6.28. The number of nitrogens with two attached hydrogens (primary N) is 1. The molecule has 3 rings (SSSR count). The lowest BCUT2D eigenvalue weighted by Crippen LogP contribution is -2.25. The maximum absolute atomic E-state index is 14.1. The number of rotatable bonds is 2. The highest BCUT2D eigenvalue weighted by molar-refractivity contribution is 5.69. The van der Waals surface area contributed by atoms with Crippen LogP contribution in [0.25, 0.3) is 0 Å². The molecule has 2 N–H and O–H groups in total. The molecule has 0 amide bonds. The third kappa shape index (κ3) is 2.09. The first-order chi connectivity index (χ1) is 9.68. The monoisotopic (exact) mass is 275 g/mol. The van der Waals surface area contributed by atoms with Crippen molar-refractivity contribution in [3.05, 3.63) is 53.9 Å². The highest BCUT2D eigenvalue weighted by atomic mass is 19.2. The number of pyridine rings is 1. The second-order valence-corrected chi connectivity index (χ2v) is 4.93. The molecule has 1 atom stereocenters. The molecule has 0 spiro atoms. The third-order valence-corrected chi connectivity index (χ3v) is 3.73. The van der Waals surface area contributed by atoms with Crippen LogP contribution in [0.1, 0.15) is 24.4 Å². The number of halogens is 2. The summed E-state index contributed by atoms with van der Waals surface area (Å²) in [4.78, 5) is 5.84. The molecule has 20 heavy (non-hydrogen) atoms. The Morgan fingerprint density at radius 3 is 2.65 bits per heavy atom. The van der Waals surface area contributed by atoms with Gasteiger partial charge in [-0.1, -0.05) is 0 Å². The molecule has 1 fully saturated rings. The Labute approximate surface area is 116 Å². The van der Waals surface area contributed by atoms with E-state index < -0.39 is 11.6 Å². The first kappa shape index (κ1) is 12.8. The van der Waals surface area contributed by atoms with Crippen molar-refractivity contribution in [1.29, 1.82) is 0 Å². The lowest BCUT2D eigenvalue weighted by atomic mass is 10.1. The molecule has 0 saturated carbocycles. The van der Waals surface area contributed by atoms with Gasteiger partial charge in [0.1, 0.15) is 0 Å². The smallest absolute Gasteiger partial charge is 0.184 e. The van der Waals surface area contributed by atoms with Crippen LogP contribution in [0.3, 0.4) is 0 Å². The van der Waals surface area contributed by atoms with E-state index in [1.807, 2.05) is 17.0 Å². The van der Waals surface area contributed by atoms with Crippen molar-refractivity contribution in [2.24, 2.45) is 0 Å². The van der Waals surface area contributed by atoms with Crippen molar-refractivity contribution in [2.45, 2.75) is 18.9 Å². The Bertz CT molecular complexity index is 616. The van der Waals surface area contributed by atoms with E-state index in [2.05, 4.69) is 4.98 Å². The molecule has 1 aliphatic rings. The van der Waals surface area contributed by atoms with Gasteiger partial charge in [-0.05, 0) is 42.7 Å². The van der Waals surface area contributed by atoms with Gasteiger partial charge >= 0.3 is 0 Å². The molecule has 104 valence electrons. The molecule has 2 aromatic rings. The van der Waals surface area contributed by atoms with Crippen molar-refractivity contribution in [2.75, 3.05) is 17.2 Å². The topological polar surface area (TPSA) is 42.1 Å². The van der Waals surface area contributed by atoms with Crippen LogP contribution in [0.2, 0.25) is 0 Å². The Balaban J connectivity index is 2.04. The number of nitrogens with zero attached hydrogens (tertiary/aromatic N) is 2. The van der Waals surface area contributed by atoms with Gasteiger partial charge in [-0.25, -0.2) is 8.78 Å². The van der Waals surface area contributed by atoms with Crippen LogP contribution >= 0.6 is 0 Å². The lowest BCUT2D eigenvalue weighted by molar-refractivity contribution is 0.505. The third-order valence-electron chi connectivity index (χ3n) is 3.73. The van der Waals surface area contributed by atoms with Gasteiger partial charge in [0.25, 0.3) is 0 Å². The van der Waals surface area contributed by atoms with Gasteiger partial charge in [0, 0.05) is 18.9 Å². The van der Waals surface area contributed by atoms with Crippen LogP contribution in [0.15, 0.2) is 36.7 Å². The van der Waals surface area contributed by atoms with Crippen LogP contribution in [0, 0.1) is 11.6 Å². The predicted octanol–water partition coefficient (Wildman–Crippen LogP) is 3.28. The Kier molecular flexibility index (Phi) is 3.26. The van der Waals surface area contributed by atoms with Crippen LogP contribution < -0.4 is 10.6 Å². The van der Waals surface area contributed by atoms with Gasteiger partial charge in [0.05, 0.1) is 17.4 Å². The van der Waals surface area contributed by atoms with Crippen LogP contribution in [0.4, 0.5) is 20.2 Å². The molecule has 1 aromatic heterocycles. The van der Waals surface area contributed by atoms with Crippen molar-refractivity contribution in [1.82, 2.24) is 4.98 Å². The van der Waals surface area contributed by atoms with Crippen molar-refractivity contribution < 1.29 is 8.78 Å². The number of hydrogen-bond donors (Lipinski definition) is 1. The molecule has 5 heteroatoms. The zero-order valence-electron chi connectivity index (χ0n) is 10.9. The summed E-state index contributed by atoms with van der Waals surface area (Å²) in [6.45, 7) is 0.664. The van der Waals surface area contributed by atoms with E-state index >= 15 is 0 Å². The first-order valence-electron chi connectivity index (χ1n) is 6.58. The standard InChI is InChI=1S/C15H15F2N3/c16-11-3-4-12(18)15(14(11)17)20-9-1-2-13(20)10-5-7-19-8-6-10/h3-8,13H,1-2,9,18H2. The van der Waals surface area contributed by atoms with E-state index in [0.717, 1.165) is 24.5 Å². The highest BCUT2D eigenvalue weighted by Crippen LogP contribution is 2.40. The fourth-order valence-electron chi connectivity index (χ4n) is 2.81. The van der Waals surface area contributed by atoms with Gasteiger partial charge in [0.2, 0.25) is 0 Å². The Morgan fingerprint density at radius 1 is 1.15 bits per heavy atom. The van der Waals surface area contributed by atoms with Gasteiger partial charge in [-0.3, -0.25) is 4.98 Å². The minimum absolute atomic E-state index is 0.0107. The van der Waals surface area contributed by atoms with Gasteiger partial charge < -0.3 is 10.6 Å². The molecule has 2 heterocycles. The van der Waals surface area contributed by atoms with Crippen molar-refractivity contribution in [3.63, 3.8) is 0 Å². The molecule has 1 saturated heterocycles. The maximum Gasteiger partial charge on any atom is 0.184 e. The van der Waals surface area contributed by atoms with Crippen LogP contribution in [-0.2, 0) is 0 Å². The minimum Gasteiger partial charge on any atom is -0.397 e. The zero-order chi connectivity index (χ0) is 14.1. The second-order valence-electron chi connectivity index (χ2n) is 4.93. The summed E-state index contributed by atoms with van der Waals surface area (Å²) in [5.41, 5.74) is 7.33. The fourth-order valence-corrected chi connectivity index (χ4v) is 2.81. The molecule has 0 bridgehead atoms. The number of aromatic nitrogens is 1. The molecule has 0 aliphatic carbocycles. The van der Waals surface area contributed by atoms with E-state index in [0.29, 0.717) is 6.54 Å². The summed E-state index contributed by atoms with van der Waals surface area (Å²) < 4.78 is 27.6. The SMILES string of the molecule is Nc1ccc(F)c(F)c1N1CCCC1c1ccncc1. The molecule has 1 aromatic carbocycles. The fraction of sp³-hybridized carbons (Fsp3) is 0.267. The quantitative estimate of drug-likeness (QED) is 0.855. The minimum atomic E-state index is -0.869. The summed E-state index contributed by atoms with van der Waals surface area (Å²) in [7, 11) is 0. The first-order valence-corrected chi connectivity index (χ1v) is 6.58. The average Bonchev–Trinajstić information content (AvgIpc) is 2.94. The van der Waals surface area contributed by atoms with Crippen LogP contribution in [-0.4, -0.2) is 11.5 Å². The van der Waals surface area contributed by atoms with E-state index in [4.69, 9.17) is 5.73 Å². The molecule has 0 radical (unpaired) electrons. The molecular weight excluding hydrogens is 260 g/mol. The normalized spacial score (nSPS) is 18.5. The van der Waals surface area contributed by atoms with Gasteiger partial charge in [-0.2, -0.15) is 0 Å². The molecule has 1 aliphatic heterocycles. The van der Waals surface area contributed by atoms with E-state index in [9.17, 15) is 8.78 Å². The zero-order valence-corrected chi connectivity index (χ0v) is 10.9. The van der Waals surface area contributed by atoms with Crippen molar-refractivity contribution in [3.8, 4) is 0 Å². The highest BCUT2D eigenvalue weighted by Gasteiger charge is 2.30. The van der Waals surface area contributed by atoms with Gasteiger partial charge in [-0.15, -0.1) is 0 Å². The summed E-state index contributed by atoms with van der Waals surface area (Å²) >= 11 is 0. The number of anilines is 2. The maximum atomic E-state index is 14.1. The Hall–Kier alpha value is -2.17. The van der Waals surface area contributed by atoms with Crippen molar-refractivity contribution >= 4 is 11.4 Å². The Morgan fingerprint density at radius 2 is 1.90 bits per heavy atom. The second kappa shape index (κ2) is 5.07. The molecule has 1 unspecified atom stereocenters. The lowest BCUT2D eigenvalue weighted by Gasteiger charge is -2.28. The van der Waals surface area contributed by atoms with E-state index in [1.165, 1.54) is 6.07 Å². The number of nitrogen functional groups attached to an aromatic ring is 1. The predicted molar refractivity (Wildman–Crippen MR) is 74.3 cm³/mol. The number of benzene rings is 1. The summed E-state index contributed by atoms with van der Waals surface area (Å²) in [5.74, 6) is -1.74. The van der Waals surface area contributed by atoms with E-state index in [1.54, 1.807) is 12.4 Å².